The maximum atomic E-state index is 13.7. The average Bonchev–Trinajstić information content (AvgIpc) is 2.77. The van der Waals surface area contributed by atoms with Gasteiger partial charge >= 0.3 is 0 Å². The lowest BCUT2D eigenvalue weighted by Gasteiger charge is -2.33. The van der Waals surface area contributed by atoms with Crippen molar-refractivity contribution in [2.24, 2.45) is 5.92 Å². The summed E-state index contributed by atoms with van der Waals surface area (Å²) in [4.78, 5) is 28.1. The molecular weight excluding hydrogens is 568 g/mol. The lowest BCUT2D eigenvalue weighted by Crippen LogP contribution is -2.52. The molecule has 0 aliphatic heterocycles. The number of hydrogen-bond donors (Lipinski definition) is 1. The summed E-state index contributed by atoms with van der Waals surface area (Å²) in [6.45, 7) is 5.49. The lowest BCUT2D eigenvalue weighted by atomic mass is 10.1. The van der Waals surface area contributed by atoms with Gasteiger partial charge in [0.25, 0.3) is 0 Å². The smallest absolute Gasteiger partial charge is 0.244 e. The molecule has 2 amide bonds. The summed E-state index contributed by atoms with van der Waals surface area (Å²) in [5.41, 5.74) is 0.652. The van der Waals surface area contributed by atoms with Crippen LogP contribution in [0, 0.1) is 5.92 Å². The maximum Gasteiger partial charge on any atom is 0.244 e. The van der Waals surface area contributed by atoms with Crippen LogP contribution in [0.5, 0.6) is 0 Å². The minimum absolute atomic E-state index is 0.0333. The van der Waals surface area contributed by atoms with Gasteiger partial charge in [0.15, 0.2) is 0 Å². The molecule has 36 heavy (non-hydrogen) atoms. The zero-order valence-corrected chi connectivity index (χ0v) is 24.2. The van der Waals surface area contributed by atoms with Crippen molar-refractivity contribution in [2.75, 3.05) is 23.7 Å². The number of halogens is 4. The van der Waals surface area contributed by atoms with Gasteiger partial charge < -0.3 is 10.2 Å². The van der Waals surface area contributed by atoms with Crippen molar-refractivity contribution in [3.05, 3.63) is 62.1 Å². The number of nitrogens with one attached hydrogen (secondary N) is 1. The van der Waals surface area contributed by atoms with E-state index in [2.05, 4.69) is 5.32 Å². The van der Waals surface area contributed by atoms with Gasteiger partial charge in [0.2, 0.25) is 21.8 Å². The van der Waals surface area contributed by atoms with Gasteiger partial charge in [0, 0.05) is 28.2 Å². The fourth-order valence-electron chi connectivity index (χ4n) is 3.45. The van der Waals surface area contributed by atoms with Crippen molar-refractivity contribution in [2.45, 2.75) is 39.8 Å². The number of anilines is 1. The summed E-state index contributed by atoms with van der Waals surface area (Å²) in [5, 5.41) is 3.97. The molecule has 0 heterocycles. The Hall–Kier alpha value is -1.71. The van der Waals surface area contributed by atoms with Crippen molar-refractivity contribution in [1.29, 1.82) is 0 Å². The molecule has 12 heteroatoms. The second-order valence-corrected chi connectivity index (χ2v) is 12.3. The van der Waals surface area contributed by atoms with Crippen LogP contribution in [0.1, 0.15) is 32.8 Å². The molecule has 0 aromatic heterocycles. The topological polar surface area (TPSA) is 86.8 Å². The number of carbonyl (C=O) groups is 2. The molecule has 0 radical (unpaired) electrons. The Morgan fingerprint density at radius 1 is 0.972 bits per heavy atom. The van der Waals surface area contributed by atoms with Crippen LogP contribution < -0.4 is 9.62 Å². The normalized spacial score (nSPS) is 12.4. The van der Waals surface area contributed by atoms with Crippen LogP contribution in [0.3, 0.4) is 0 Å². The third-order valence-electron chi connectivity index (χ3n) is 5.28. The van der Waals surface area contributed by atoms with Crippen LogP contribution in [0.15, 0.2) is 36.4 Å². The van der Waals surface area contributed by atoms with Crippen LogP contribution in [0.2, 0.25) is 20.1 Å². The van der Waals surface area contributed by atoms with Crippen LogP contribution >= 0.6 is 46.4 Å². The molecule has 1 atom stereocenters. The van der Waals surface area contributed by atoms with Crippen molar-refractivity contribution in [1.82, 2.24) is 10.2 Å². The summed E-state index contributed by atoms with van der Waals surface area (Å²) >= 11 is 24.6. The zero-order chi connectivity index (χ0) is 27.2. The van der Waals surface area contributed by atoms with E-state index in [1.165, 1.54) is 29.2 Å². The number of hydrogen-bond acceptors (Lipinski definition) is 4. The first-order chi connectivity index (χ1) is 16.7. The van der Waals surface area contributed by atoms with E-state index >= 15 is 0 Å². The first-order valence-electron chi connectivity index (χ1n) is 11.2. The van der Waals surface area contributed by atoms with Gasteiger partial charge in [-0.15, -0.1) is 0 Å². The SMILES string of the molecule is CCC(C(=O)NCC(C)C)N(Cc1ccc(Cl)cc1Cl)C(=O)CN(c1ccc(Cl)cc1Cl)S(C)(=O)=O. The van der Waals surface area contributed by atoms with E-state index in [1.54, 1.807) is 19.1 Å². The number of carbonyl (C=O) groups excluding carboxylic acids is 2. The molecule has 2 rings (SSSR count). The summed E-state index contributed by atoms with van der Waals surface area (Å²) in [6, 6.07) is 8.25. The van der Waals surface area contributed by atoms with Crippen LogP contribution in [0.4, 0.5) is 5.69 Å². The highest BCUT2D eigenvalue weighted by molar-refractivity contribution is 7.92. The molecule has 2 aromatic carbocycles. The lowest BCUT2D eigenvalue weighted by molar-refractivity contribution is -0.140. The summed E-state index contributed by atoms with van der Waals surface area (Å²) in [7, 11) is -3.93. The summed E-state index contributed by atoms with van der Waals surface area (Å²) < 4.78 is 26.2. The Balaban J connectivity index is 2.49. The van der Waals surface area contributed by atoms with Gasteiger partial charge in [-0.25, -0.2) is 8.42 Å². The monoisotopic (exact) mass is 595 g/mol. The van der Waals surface area contributed by atoms with Crippen molar-refractivity contribution < 1.29 is 18.0 Å². The van der Waals surface area contributed by atoms with E-state index in [-0.39, 0.29) is 29.1 Å². The Bertz CT molecular complexity index is 1210. The number of rotatable bonds is 11. The van der Waals surface area contributed by atoms with Gasteiger partial charge in [-0.1, -0.05) is 73.2 Å². The van der Waals surface area contributed by atoms with Crippen LogP contribution in [0.25, 0.3) is 0 Å². The highest BCUT2D eigenvalue weighted by Crippen LogP contribution is 2.31. The number of amides is 2. The highest BCUT2D eigenvalue weighted by atomic mass is 35.5. The first kappa shape index (κ1) is 30.5. The second kappa shape index (κ2) is 13.2. The van der Waals surface area contributed by atoms with Gasteiger partial charge in [-0.05, 0) is 48.2 Å². The summed E-state index contributed by atoms with van der Waals surface area (Å²) in [6.07, 6.45) is 1.26. The largest absolute Gasteiger partial charge is 0.354 e. The van der Waals surface area contributed by atoms with Gasteiger partial charge in [-0.3, -0.25) is 13.9 Å². The molecule has 0 saturated carbocycles. The molecule has 2 aromatic rings. The van der Waals surface area contributed by atoms with Crippen molar-refractivity contribution >= 4 is 73.9 Å². The zero-order valence-electron chi connectivity index (χ0n) is 20.4. The maximum absolute atomic E-state index is 13.7. The molecule has 7 nitrogen and oxygen atoms in total. The van der Waals surface area contributed by atoms with Gasteiger partial charge in [0.1, 0.15) is 12.6 Å². The van der Waals surface area contributed by atoms with Crippen molar-refractivity contribution in [3.63, 3.8) is 0 Å². The molecule has 1 unspecified atom stereocenters. The van der Waals surface area contributed by atoms with E-state index in [0.717, 1.165) is 10.6 Å². The van der Waals surface area contributed by atoms with E-state index < -0.39 is 28.5 Å². The van der Waals surface area contributed by atoms with Gasteiger partial charge in [0.05, 0.1) is 17.0 Å². The fourth-order valence-corrected chi connectivity index (χ4v) is 5.34. The molecule has 1 N–H and O–H groups in total. The number of nitrogens with zero attached hydrogens (tertiary/aromatic N) is 2. The predicted molar refractivity (Wildman–Crippen MR) is 148 cm³/mol. The van der Waals surface area contributed by atoms with Crippen molar-refractivity contribution in [3.8, 4) is 0 Å². The third-order valence-corrected chi connectivity index (χ3v) is 7.54. The molecule has 0 saturated heterocycles. The van der Waals surface area contributed by atoms with Gasteiger partial charge in [-0.2, -0.15) is 0 Å². The molecule has 0 fully saturated rings. The summed E-state index contributed by atoms with van der Waals surface area (Å²) in [5.74, 6) is -0.752. The van der Waals surface area contributed by atoms with Crippen LogP contribution in [-0.2, 0) is 26.2 Å². The van der Waals surface area contributed by atoms with E-state index in [0.29, 0.717) is 33.6 Å². The molecular formula is C24H29Cl4N3O4S. The Kier molecular flexibility index (Phi) is 11.2. The molecule has 0 aliphatic rings. The van der Waals surface area contributed by atoms with E-state index in [1.807, 2.05) is 13.8 Å². The molecule has 198 valence electrons. The van der Waals surface area contributed by atoms with E-state index in [4.69, 9.17) is 46.4 Å². The second-order valence-electron chi connectivity index (χ2n) is 8.69. The first-order valence-corrected chi connectivity index (χ1v) is 14.5. The average molecular weight is 597 g/mol. The standard InChI is InChI=1S/C24H29Cl4N3O4S/c1-5-21(24(33)29-12-15(2)3)30(13-16-6-7-17(25)10-19(16)27)23(32)14-31(36(4,34)35)22-9-8-18(26)11-20(22)28/h6-11,15,21H,5,12-14H2,1-4H3,(H,29,33). The van der Waals surface area contributed by atoms with Crippen LogP contribution in [-0.4, -0.2) is 50.5 Å². The Morgan fingerprint density at radius 2 is 1.56 bits per heavy atom. The Morgan fingerprint density at radius 3 is 2.06 bits per heavy atom. The minimum atomic E-state index is -3.93. The predicted octanol–water partition coefficient (Wildman–Crippen LogP) is 5.65. The fraction of sp³-hybridized carbons (Fsp3) is 0.417. The Labute approximate surface area is 232 Å². The highest BCUT2D eigenvalue weighted by Gasteiger charge is 2.32. The number of benzene rings is 2. The van der Waals surface area contributed by atoms with E-state index in [9.17, 15) is 18.0 Å². The third kappa shape index (κ3) is 8.42. The quantitative estimate of drug-likeness (QED) is 0.363. The minimum Gasteiger partial charge on any atom is -0.354 e. The molecule has 0 aliphatic carbocycles. The molecule has 0 spiro atoms. The number of sulfonamides is 1. The molecule has 0 bridgehead atoms.